The molecular weight excluding hydrogens is 348 g/mol. The van der Waals surface area contributed by atoms with Gasteiger partial charge in [0.1, 0.15) is 5.75 Å². The number of sulfonamides is 1. The number of nitrogens with two attached hydrogens (primary N) is 1. The maximum atomic E-state index is 12.3. The summed E-state index contributed by atoms with van der Waals surface area (Å²) in [5.41, 5.74) is 5.96. The highest BCUT2D eigenvalue weighted by Gasteiger charge is 2.22. The van der Waals surface area contributed by atoms with Crippen molar-refractivity contribution >= 4 is 37.5 Å². The largest absolute Gasteiger partial charge is 0.496 e. The molecule has 108 valence electrons. The molecule has 2 aromatic rings. The van der Waals surface area contributed by atoms with E-state index in [9.17, 15) is 8.42 Å². The Bertz CT molecular complexity index is 723. The molecule has 0 amide bonds. The average molecular weight is 361 g/mol. The summed E-state index contributed by atoms with van der Waals surface area (Å²) in [6.45, 7) is 0. The maximum absolute atomic E-state index is 12.3. The van der Waals surface area contributed by atoms with Gasteiger partial charge >= 0.3 is 0 Å². The van der Waals surface area contributed by atoms with Crippen molar-refractivity contribution < 1.29 is 13.2 Å². The molecule has 0 spiro atoms. The molecule has 1 heterocycles. The summed E-state index contributed by atoms with van der Waals surface area (Å²) in [5, 5.41) is -0.0792. The number of imidazole rings is 1. The Morgan fingerprint density at radius 3 is 2.65 bits per heavy atom. The van der Waals surface area contributed by atoms with Gasteiger partial charge in [0, 0.05) is 7.05 Å². The molecule has 0 aliphatic carbocycles. The van der Waals surface area contributed by atoms with E-state index in [1.165, 1.54) is 18.0 Å². The van der Waals surface area contributed by atoms with Crippen LogP contribution in [0.3, 0.4) is 0 Å². The third kappa shape index (κ3) is 2.73. The summed E-state index contributed by atoms with van der Waals surface area (Å²) in [7, 11) is -0.718. The van der Waals surface area contributed by atoms with E-state index >= 15 is 0 Å². The van der Waals surface area contributed by atoms with Gasteiger partial charge in [-0.3, -0.25) is 4.72 Å². The van der Waals surface area contributed by atoms with Gasteiger partial charge in [-0.15, -0.1) is 0 Å². The van der Waals surface area contributed by atoms with Gasteiger partial charge in [-0.1, -0.05) is 0 Å². The minimum Gasteiger partial charge on any atom is -0.496 e. The van der Waals surface area contributed by atoms with E-state index in [1.807, 2.05) is 0 Å². The van der Waals surface area contributed by atoms with Crippen LogP contribution in [-0.4, -0.2) is 25.1 Å². The zero-order valence-corrected chi connectivity index (χ0v) is 13.2. The summed E-state index contributed by atoms with van der Waals surface area (Å²) in [4.78, 5) is 3.76. The Hall–Kier alpha value is -1.74. The molecule has 1 aromatic heterocycles. The first kappa shape index (κ1) is 14.7. The van der Waals surface area contributed by atoms with E-state index in [-0.39, 0.29) is 10.8 Å². The van der Waals surface area contributed by atoms with Crippen LogP contribution in [0.25, 0.3) is 0 Å². The highest BCUT2D eigenvalue weighted by Crippen LogP contribution is 2.29. The minimum absolute atomic E-state index is 0.0485. The van der Waals surface area contributed by atoms with Crippen LogP contribution < -0.4 is 15.2 Å². The van der Waals surface area contributed by atoms with Crippen molar-refractivity contribution in [2.24, 2.45) is 7.05 Å². The van der Waals surface area contributed by atoms with Crippen molar-refractivity contribution in [3.63, 3.8) is 0 Å². The number of nitrogens with one attached hydrogen (secondary N) is 1. The molecule has 0 fully saturated rings. The van der Waals surface area contributed by atoms with Crippen molar-refractivity contribution in [2.75, 3.05) is 17.6 Å². The van der Waals surface area contributed by atoms with Gasteiger partial charge in [-0.2, -0.15) is 8.42 Å². The summed E-state index contributed by atoms with van der Waals surface area (Å²) >= 11 is 3.29. The van der Waals surface area contributed by atoms with Crippen molar-refractivity contribution in [3.05, 3.63) is 29.0 Å². The lowest BCUT2D eigenvalue weighted by atomic mass is 10.3. The van der Waals surface area contributed by atoms with Gasteiger partial charge in [-0.05, 0) is 34.1 Å². The lowest BCUT2D eigenvalue weighted by molar-refractivity contribution is 0.412. The topological polar surface area (TPSA) is 99.2 Å². The van der Waals surface area contributed by atoms with Crippen molar-refractivity contribution in [1.82, 2.24) is 9.55 Å². The maximum Gasteiger partial charge on any atom is 0.281 e. The van der Waals surface area contributed by atoms with Crippen LogP contribution in [0.5, 0.6) is 5.75 Å². The lowest BCUT2D eigenvalue weighted by Crippen LogP contribution is -2.17. The van der Waals surface area contributed by atoms with Gasteiger partial charge in [-0.25, -0.2) is 4.98 Å². The van der Waals surface area contributed by atoms with Crippen LogP contribution in [0.4, 0.5) is 11.5 Å². The number of ether oxygens (including phenoxy) is 1. The smallest absolute Gasteiger partial charge is 0.281 e. The molecule has 2 rings (SSSR count). The van der Waals surface area contributed by atoms with Crippen molar-refractivity contribution in [2.45, 2.75) is 5.03 Å². The fourth-order valence-corrected chi connectivity index (χ4v) is 3.53. The number of halogens is 1. The zero-order chi connectivity index (χ0) is 14.9. The lowest BCUT2D eigenvalue weighted by Gasteiger charge is -2.10. The van der Waals surface area contributed by atoms with E-state index in [0.29, 0.717) is 15.9 Å². The van der Waals surface area contributed by atoms with E-state index in [1.54, 1.807) is 25.2 Å². The minimum atomic E-state index is -3.80. The monoisotopic (exact) mass is 360 g/mol. The highest BCUT2D eigenvalue weighted by atomic mass is 79.9. The molecule has 3 N–H and O–H groups in total. The fourth-order valence-electron chi connectivity index (χ4n) is 1.70. The molecule has 0 aliphatic rings. The molecule has 0 saturated heterocycles. The number of methoxy groups -OCH3 is 1. The summed E-state index contributed by atoms with van der Waals surface area (Å²) in [5.74, 6) is 0.556. The number of hydrogen-bond acceptors (Lipinski definition) is 5. The number of anilines is 2. The fraction of sp³-hybridized carbons (Fsp3) is 0.182. The first-order valence-corrected chi connectivity index (χ1v) is 7.76. The molecule has 0 radical (unpaired) electrons. The second-order valence-electron chi connectivity index (χ2n) is 4.00. The second-order valence-corrected chi connectivity index (χ2v) is 6.45. The number of rotatable bonds is 4. The Morgan fingerprint density at radius 1 is 1.45 bits per heavy atom. The molecule has 0 aliphatic heterocycles. The normalized spacial score (nSPS) is 11.3. The van der Waals surface area contributed by atoms with Crippen molar-refractivity contribution in [1.29, 1.82) is 0 Å². The summed E-state index contributed by atoms with van der Waals surface area (Å²) in [6.07, 6.45) is 1.34. The quantitative estimate of drug-likeness (QED) is 0.861. The first-order valence-electron chi connectivity index (χ1n) is 5.48. The number of nitrogens with zero attached hydrogens (tertiary/aromatic N) is 2. The standard InChI is InChI=1S/C11H13BrN4O3S/c1-16-6-14-10(13)11(16)20(17,18)15-7-3-4-9(19-2)8(12)5-7/h3-6,15H,13H2,1-2H3. The van der Waals surface area contributed by atoms with E-state index in [2.05, 4.69) is 25.6 Å². The van der Waals surface area contributed by atoms with Crippen LogP contribution >= 0.6 is 15.9 Å². The highest BCUT2D eigenvalue weighted by molar-refractivity contribution is 9.10. The van der Waals surface area contributed by atoms with Crippen LogP contribution in [0.2, 0.25) is 0 Å². The van der Waals surface area contributed by atoms with E-state index < -0.39 is 10.0 Å². The third-order valence-electron chi connectivity index (χ3n) is 2.57. The third-order valence-corrected chi connectivity index (χ3v) is 4.70. The van der Waals surface area contributed by atoms with Gasteiger partial charge in [0.15, 0.2) is 10.8 Å². The first-order chi connectivity index (χ1) is 9.35. The van der Waals surface area contributed by atoms with Gasteiger partial charge in [0.05, 0.1) is 23.6 Å². The summed E-state index contributed by atoms with van der Waals surface area (Å²) in [6, 6.07) is 4.84. The molecule has 0 atom stereocenters. The number of hydrogen-bond donors (Lipinski definition) is 2. The molecular formula is C11H13BrN4O3S. The van der Waals surface area contributed by atoms with Crippen molar-refractivity contribution in [3.8, 4) is 5.75 Å². The number of aryl methyl sites for hydroxylation is 1. The predicted molar refractivity (Wildman–Crippen MR) is 79.1 cm³/mol. The van der Waals surface area contributed by atoms with Gasteiger partial charge in [0.2, 0.25) is 0 Å². The Balaban J connectivity index is 2.36. The Labute approximate surface area is 124 Å². The van der Waals surface area contributed by atoms with Crippen LogP contribution in [0.1, 0.15) is 0 Å². The average Bonchev–Trinajstić information content (AvgIpc) is 2.69. The molecule has 7 nitrogen and oxygen atoms in total. The van der Waals surface area contributed by atoms with E-state index in [4.69, 9.17) is 10.5 Å². The van der Waals surface area contributed by atoms with Crippen LogP contribution in [0.15, 0.2) is 34.0 Å². The van der Waals surface area contributed by atoms with Crippen LogP contribution in [-0.2, 0) is 17.1 Å². The molecule has 20 heavy (non-hydrogen) atoms. The second kappa shape index (κ2) is 5.33. The molecule has 0 saturated carbocycles. The Morgan fingerprint density at radius 2 is 2.15 bits per heavy atom. The molecule has 0 unspecified atom stereocenters. The number of aromatic nitrogens is 2. The number of benzene rings is 1. The van der Waals surface area contributed by atoms with Crippen LogP contribution in [0, 0.1) is 0 Å². The zero-order valence-electron chi connectivity index (χ0n) is 10.8. The molecule has 1 aromatic carbocycles. The SMILES string of the molecule is COc1ccc(NS(=O)(=O)c2c(N)ncn2C)cc1Br. The molecule has 0 bridgehead atoms. The number of nitrogen functional groups attached to an aromatic ring is 1. The van der Waals surface area contributed by atoms with Gasteiger partial charge < -0.3 is 15.0 Å². The van der Waals surface area contributed by atoms with Gasteiger partial charge in [0.25, 0.3) is 10.0 Å². The van der Waals surface area contributed by atoms with E-state index in [0.717, 1.165) is 0 Å². The molecule has 9 heteroatoms. The Kier molecular flexibility index (Phi) is 3.91. The predicted octanol–water partition coefficient (Wildman–Crippen LogP) is 1.57. The summed E-state index contributed by atoms with van der Waals surface area (Å²) < 4.78 is 34.0.